The fraction of sp³-hybridized carbons (Fsp3) is 0.522. The van der Waals surface area contributed by atoms with Crippen molar-refractivity contribution >= 4 is 11.5 Å². The molecule has 31 heavy (non-hydrogen) atoms. The summed E-state index contributed by atoms with van der Waals surface area (Å²) in [5, 5.41) is 0. The molecule has 2 N–H and O–H groups in total. The topological polar surface area (TPSA) is 52.3 Å². The van der Waals surface area contributed by atoms with Crippen molar-refractivity contribution in [1.82, 2.24) is 0 Å². The largest absolute Gasteiger partial charge is 0.466 e. The summed E-state index contributed by atoms with van der Waals surface area (Å²) in [6.45, 7) is 4.33. The summed E-state index contributed by atoms with van der Waals surface area (Å²) in [4.78, 5) is 12.0. The fourth-order valence-corrected chi connectivity index (χ4v) is 4.69. The van der Waals surface area contributed by atoms with E-state index in [-0.39, 0.29) is 30.6 Å². The second kappa shape index (κ2) is 8.37. The maximum Gasteiger partial charge on any atom is 0.416 e. The van der Waals surface area contributed by atoms with E-state index in [1.165, 1.54) is 6.07 Å². The number of nitrogens with two attached hydrogens (primary N) is 1. The second-order valence-electron chi connectivity index (χ2n) is 8.23. The van der Waals surface area contributed by atoms with Gasteiger partial charge in [0.15, 0.2) is 5.67 Å². The number of allylic oxidation sites excluding steroid dienone is 3. The Labute approximate surface area is 178 Å². The zero-order valence-electron chi connectivity index (χ0n) is 17.7. The molecule has 2 aliphatic rings. The average molecular weight is 443 g/mol. The van der Waals surface area contributed by atoms with E-state index in [0.29, 0.717) is 5.56 Å². The molecule has 0 amide bonds. The first-order valence-corrected chi connectivity index (χ1v) is 10.3. The number of alkyl halides is 4. The van der Waals surface area contributed by atoms with Crippen molar-refractivity contribution in [3.8, 4) is 0 Å². The molecular weight excluding hydrogens is 417 g/mol. The molecule has 1 fully saturated rings. The summed E-state index contributed by atoms with van der Waals surface area (Å²) >= 11 is 0. The van der Waals surface area contributed by atoms with Crippen LogP contribution in [0.5, 0.6) is 0 Å². The molecule has 0 radical (unpaired) electrons. The SMILES string of the molecule is CCOC(=O)CC(N)C1C(F)=C(c2ccccc2C)C(C)=C(C(F)(F)F)C1(F)C1CC1. The third kappa shape index (κ3) is 4.14. The molecule has 0 aromatic heterocycles. The standard InChI is InChI=1S/C23H26F5NO2/c1-4-31-17(30)11-16(29)19-20(24)18(15-8-6-5-7-12(15)2)13(3)21(23(26,27)28)22(19,25)14-9-10-14/h5-8,14,16,19H,4,9-11,29H2,1-3H3. The van der Waals surface area contributed by atoms with E-state index < -0.39 is 59.1 Å². The molecule has 3 unspecified atom stereocenters. The Bertz CT molecular complexity index is 932. The van der Waals surface area contributed by atoms with Crippen molar-refractivity contribution in [3.63, 3.8) is 0 Å². The highest BCUT2D eigenvalue weighted by atomic mass is 19.4. The number of carbonyl (C=O) groups excluding carboxylic acids is 1. The predicted octanol–water partition coefficient (Wildman–Crippen LogP) is 5.58. The number of rotatable bonds is 6. The number of benzene rings is 1. The monoisotopic (exact) mass is 443 g/mol. The summed E-state index contributed by atoms with van der Waals surface area (Å²) in [5.41, 5.74) is 1.59. The molecule has 3 nitrogen and oxygen atoms in total. The Morgan fingerprint density at radius 2 is 1.87 bits per heavy atom. The van der Waals surface area contributed by atoms with Crippen molar-refractivity contribution in [2.45, 2.75) is 57.9 Å². The molecule has 1 aromatic carbocycles. The molecule has 0 heterocycles. The van der Waals surface area contributed by atoms with E-state index in [1.54, 1.807) is 32.0 Å². The van der Waals surface area contributed by atoms with Crippen molar-refractivity contribution < 1.29 is 31.5 Å². The van der Waals surface area contributed by atoms with Gasteiger partial charge in [0, 0.05) is 11.6 Å². The van der Waals surface area contributed by atoms with E-state index in [4.69, 9.17) is 10.5 Å². The van der Waals surface area contributed by atoms with Crippen LogP contribution in [-0.2, 0) is 9.53 Å². The van der Waals surface area contributed by atoms with E-state index >= 15 is 8.78 Å². The summed E-state index contributed by atoms with van der Waals surface area (Å²) in [7, 11) is 0. The number of halogens is 5. The van der Waals surface area contributed by atoms with E-state index in [9.17, 15) is 18.0 Å². The van der Waals surface area contributed by atoms with Crippen LogP contribution < -0.4 is 5.73 Å². The lowest BCUT2D eigenvalue weighted by atomic mass is 9.66. The van der Waals surface area contributed by atoms with Crippen LogP contribution in [0, 0.1) is 18.8 Å². The summed E-state index contributed by atoms with van der Waals surface area (Å²) in [6, 6.07) is 4.88. The smallest absolute Gasteiger partial charge is 0.416 e. The molecule has 3 rings (SSSR count). The first-order chi connectivity index (χ1) is 14.4. The minimum absolute atomic E-state index is 0.0270. The van der Waals surface area contributed by atoms with Crippen molar-refractivity contribution in [2.24, 2.45) is 17.6 Å². The number of esters is 1. The Morgan fingerprint density at radius 1 is 1.26 bits per heavy atom. The van der Waals surface area contributed by atoms with Crippen LogP contribution >= 0.6 is 0 Å². The molecule has 0 spiro atoms. The predicted molar refractivity (Wildman–Crippen MR) is 107 cm³/mol. The van der Waals surface area contributed by atoms with Crippen molar-refractivity contribution in [3.05, 3.63) is 52.4 Å². The number of hydrogen-bond acceptors (Lipinski definition) is 3. The lowest BCUT2D eigenvalue weighted by Crippen LogP contribution is -2.53. The highest BCUT2D eigenvalue weighted by molar-refractivity contribution is 5.85. The number of ether oxygens (including phenoxy) is 1. The maximum absolute atomic E-state index is 16.5. The molecule has 3 atom stereocenters. The molecular formula is C23H26F5NO2. The van der Waals surface area contributed by atoms with E-state index in [0.717, 1.165) is 6.92 Å². The maximum atomic E-state index is 16.5. The van der Waals surface area contributed by atoms with Gasteiger partial charge in [0.25, 0.3) is 0 Å². The highest BCUT2D eigenvalue weighted by Crippen LogP contribution is 2.61. The molecule has 1 saturated carbocycles. The van der Waals surface area contributed by atoms with Crippen LogP contribution in [0.2, 0.25) is 0 Å². The lowest BCUT2D eigenvalue weighted by molar-refractivity contribution is -0.144. The van der Waals surface area contributed by atoms with Gasteiger partial charge >= 0.3 is 12.1 Å². The van der Waals surface area contributed by atoms with Crippen molar-refractivity contribution in [1.29, 1.82) is 0 Å². The summed E-state index contributed by atoms with van der Waals surface area (Å²) < 4.78 is 80.0. The fourth-order valence-electron chi connectivity index (χ4n) is 4.69. The van der Waals surface area contributed by atoms with Gasteiger partial charge in [-0.1, -0.05) is 24.3 Å². The highest BCUT2D eigenvalue weighted by Gasteiger charge is 2.65. The lowest BCUT2D eigenvalue weighted by Gasteiger charge is -2.43. The first-order valence-electron chi connectivity index (χ1n) is 10.3. The van der Waals surface area contributed by atoms with Gasteiger partial charge in [-0.15, -0.1) is 0 Å². The Hall–Kier alpha value is -2.22. The van der Waals surface area contributed by atoms with Crippen LogP contribution in [0.1, 0.15) is 44.2 Å². The number of hydrogen-bond donors (Lipinski definition) is 1. The van der Waals surface area contributed by atoms with Gasteiger partial charge in [-0.2, -0.15) is 13.2 Å². The molecule has 2 aliphatic carbocycles. The minimum atomic E-state index is -5.03. The zero-order chi connectivity index (χ0) is 23.1. The molecule has 8 heteroatoms. The molecule has 170 valence electrons. The van der Waals surface area contributed by atoms with Crippen LogP contribution in [-0.4, -0.2) is 30.5 Å². The quantitative estimate of drug-likeness (QED) is 0.461. The summed E-state index contributed by atoms with van der Waals surface area (Å²) in [6.07, 6.45) is -5.23. The normalized spacial score (nSPS) is 25.6. The molecule has 0 bridgehead atoms. The first kappa shape index (κ1) is 23.4. The van der Waals surface area contributed by atoms with Crippen LogP contribution in [0.15, 0.2) is 41.2 Å². The van der Waals surface area contributed by atoms with Gasteiger partial charge < -0.3 is 10.5 Å². The average Bonchev–Trinajstić information content (AvgIpc) is 3.47. The zero-order valence-corrected chi connectivity index (χ0v) is 17.7. The minimum Gasteiger partial charge on any atom is -0.466 e. The van der Waals surface area contributed by atoms with Crippen LogP contribution in [0.4, 0.5) is 22.0 Å². The van der Waals surface area contributed by atoms with Gasteiger partial charge in [0.1, 0.15) is 5.83 Å². The molecule has 0 saturated heterocycles. The van der Waals surface area contributed by atoms with Gasteiger partial charge in [0.05, 0.1) is 24.5 Å². The Morgan fingerprint density at radius 3 is 2.39 bits per heavy atom. The van der Waals surface area contributed by atoms with Gasteiger partial charge in [0.2, 0.25) is 0 Å². The van der Waals surface area contributed by atoms with Crippen LogP contribution in [0.25, 0.3) is 5.57 Å². The molecule has 1 aromatic rings. The Kier molecular flexibility index (Phi) is 6.33. The van der Waals surface area contributed by atoms with Gasteiger partial charge in [-0.3, -0.25) is 4.79 Å². The molecule has 0 aliphatic heterocycles. The van der Waals surface area contributed by atoms with E-state index in [1.807, 2.05) is 0 Å². The second-order valence-corrected chi connectivity index (χ2v) is 8.23. The Balaban J connectivity index is 2.26. The van der Waals surface area contributed by atoms with E-state index in [2.05, 4.69) is 0 Å². The third-order valence-electron chi connectivity index (χ3n) is 6.10. The van der Waals surface area contributed by atoms with Crippen LogP contribution in [0.3, 0.4) is 0 Å². The van der Waals surface area contributed by atoms with Gasteiger partial charge in [-0.25, -0.2) is 8.78 Å². The third-order valence-corrected chi connectivity index (χ3v) is 6.10. The number of carbonyl (C=O) groups is 1. The number of aryl methyl sites for hydroxylation is 1. The van der Waals surface area contributed by atoms with Crippen molar-refractivity contribution in [2.75, 3.05) is 6.61 Å². The van der Waals surface area contributed by atoms with Gasteiger partial charge in [-0.05, 0) is 56.2 Å². The summed E-state index contributed by atoms with van der Waals surface area (Å²) in [5.74, 6) is -4.81.